The third kappa shape index (κ3) is 3.00. The van der Waals surface area contributed by atoms with Gasteiger partial charge in [-0.25, -0.2) is 9.59 Å². The van der Waals surface area contributed by atoms with E-state index in [0.717, 1.165) is 12.0 Å². The molecular formula is C21H19N3O4. The minimum absolute atomic E-state index is 0.0575. The lowest BCUT2D eigenvalue weighted by atomic mass is 9.94. The van der Waals surface area contributed by atoms with Gasteiger partial charge in [-0.15, -0.1) is 0 Å². The second-order valence-corrected chi connectivity index (χ2v) is 6.91. The van der Waals surface area contributed by atoms with Crippen molar-refractivity contribution in [1.82, 2.24) is 4.57 Å². The fourth-order valence-electron chi connectivity index (χ4n) is 3.69. The number of benzene rings is 2. The van der Waals surface area contributed by atoms with Crippen LogP contribution in [0.1, 0.15) is 35.3 Å². The Morgan fingerprint density at radius 3 is 2.57 bits per heavy atom. The fourth-order valence-corrected chi connectivity index (χ4v) is 3.69. The molecule has 28 heavy (non-hydrogen) atoms. The maximum Gasteiger partial charge on any atom is 0.341 e. The number of rotatable bonds is 3. The van der Waals surface area contributed by atoms with Crippen LogP contribution in [0.5, 0.6) is 0 Å². The first-order valence-electron chi connectivity index (χ1n) is 9.03. The van der Waals surface area contributed by atoms with Crippen molar-refractivity contribution in [2.45, 2.75) is 25.8 Å². The van der Waals surface area contributed by atoms with Gasteiger partial charge in [0, 0.05) is 34.6 Å². The number of nitrogens with one attached hydrogen (secondary N) is 2. The molecule has 0 aliphatic carbocycles. The lowest BCUT2D eigenvalue weighted by Gasteiger charge is -2.28. The maximum absolute atomic E-state index is 12.6. The van der Waals surface area contributed by atoms with Crippen LogP contribution in [0.15, 0.2) is 53.5 Å². The van der Waals surface area contributed by atoms with Gasteiger partial charge in [-0.05, 0) is 44.0 Å². The average Bonchev–Trinajstić information content (AvgIpc) is 2.67. The number of nitrogens with zero attached hydrogens (tertiary/aromatic N) is 1. The summed E-state index contributed by atoms with van der Waals surface area (Å²) in [6, 6.07) is 12.0. The molecule has 1 aliphatic rings. The van der Waals surface area contributed by atoms with Gasteiger partial charge in [-0.2, -0.15) is 0 Å². The highest BCUT2D eigenvalue weighted by molar-refractivity contribution is 6.03. The van der Waals surface area contributed by atoms with Crippen molar-refractivity contribution in [2.24, 2.45) is 0 Å². The molecule has 0 spiro atoms. The zero-order chi connectivity index (χ0) is 19.8. The van der Waals surface area contributed by atoms with Crippen molar-refractivity contribution in [2.75, 3.05) is 10.6 Å². The number of hydrogen-bond donors (Lipinski definition) is 3. The normalized spacial score (nSPS) is 15.2. The number of para-hydroxylation sites is 1. The Bertz CT molecular complexity index is 1150. The molecule has 142 valence electrons. The molecule has 1 aliphatic heterocycles. The third-order valence-corrected chi connectivity index (χ3v) is 5.10. The van der Waals surface area contributed by atoms with Gasteiger partial charge in [0.25, 0.3) is 0 Å². The molecule has 2 heterocycles. The van der Waals surface area contributed by atoms with E-state index in [-0.39, 0.29) is 17.6 Å². The molecule has 0 saturated carbocycles. The van der Waals surface area contributed by atoms with E-state index in [9.17, 15) is 19.5 Å². The maximum atomic E-state index is 12.6. The van der Waals surface area contributed by atoms with Gasteiger partial charge < -0.3 is 20.3 Å². The quantitative estimate of drug-likeness (QED) is 0.645. The second kappa shape index (κ2) is 6.84. The van der Waals surface area contributed by atoms with Crippen molar-refractivity contribution < 1.29 is 14.7 Å². The van der Waals surface area contributed by atoms with Crippen LogP contribution in [0.3, 0.4) is 0 Å². The van der Waals surface area contributed by atoms with Crippen LogP contribution < -0.4 is 16.1 Å². The average molecular weight is 377 g/mol. The van der Waals surface area contributed by atoms with Crippen LogP contribution in [0.2, 0.25) is 0 Å². The number of anilines is 2. The number of carboxylic acid groups (broad SMARTS) is 1. The molecule has 2 amide bonds. The van der Waals surface area contributed by atoms with Gasteiger partial charge in [-0.3, -0.25) is 4.79 Å². The monoisotopic (exact) mass is 377 g/mol. The second-order valence-electron chi connectivity index (χ2n) is 6.91. The van der Waals surface area contributed by atoms with Crippen LogP contribution >= 0.6 is 0 Å². The van der Waals surface area contributed by atoms with E-state index >= 15 is 0 Å². The SMILES string of the molecule is CC1CCc2c(NC(=O)Nc3ccccc3)ccc3c(=O)c(C(=O)O)cn1c23. The molecule has 3 aromatic rings. The fraction of sp³-hybridized carbons (Fsp3) is 0.190. The van der Waals surface area contributed by atoms with E-state index in [2.05, 4.69) is 10.6 Å². The Labute approximate surface area is 160 Å². The van der Waals surface area contributed by atoms with Crippen molar-refractivity contribution in [1.29, 1.82) is 0 Å². The van der Waals surface area contributed by atoms with E-state index in [1.165, 1.54) is 6.20 Å². The topological polar surface area (TPSA) is 100 Å². The summed E-state index contributed by atoms with van der Waals surface area (Å²) in [7, 11) is 0. The molecule has 4 rings (SSSR count). The summed E-state index contributed by atoms with van der Waals surface area (Å²) in [5.41, 5.74) is 2.07. The van der Waals surface area contributed by atoms with Gasteiger partial charge >= 0.3 is 12.0 Å². The Hall–Kier alpha value is -3.61. The summed E-state index contributed by atoms with van der Waals surface area (Å²) in [6.45, 7) is 1.99. The number of aryl methyl sites for hydroxylation is 1. The molecule has 1 aromatic heterocycles. The Kier molecular flexibility index (Phi) is 4.35. The molecule has 7 nitrogen and oxygen atoms in total. The van der Waals surface area contributed by atoms with E-state index in [0.29, 0.717) is 28.7 Å². The van der Waals surface area contributed by atoms with Crippen LogP contribution in [0.25, 0.3) is 10.9 Å². The number of pyridine rings is 1. The standard InChI is InChI=1S/C21H19N3O4/c1-12-7-8-14-17(23-21(28)22-13-5-3-2-4-6-13)10-9-15-18(14)24(12)11-16(19(15)25)20(26)27/h2-6,9-12H,7-8H2,1H3,(H,26,27)(H2,22,23,28). The predicted molar refractivity (Wildman–Crippen MR) is 107 cm³/mol. The lowest BCUT2D eigenvalue weighted by Crippen LogP contribution is -2.26. The number of aromatic carboxylic acids is 1. The summed E-state index contributed by atoms with van der Waals surface area (Å²) < 4.78 is 1.83. The number of aromatic nitrogens is 1. The van der Waals surface area contributed by atoms with Gasteiger partial charge in [0.15, 0.2) is 0 Å². The van der Waals surface area contributed by atoms with Crippen molar-refractivity contribution in [3.8, 4) is 0 Å². The number of hydrogen-bond acceptors (Lipinski definition) is 3. The van der Waals surface area contributed by atoms with E-state index in [1.807, 2.05) is 29.7 Å². The van der Waals surface area contributed by atoms with Crippen molar-refractivity contribution in [3.63, 3.8) is 0 Å². The van der Waals surface area contributed by atoms with Crippen LogP contribution in [-0.2, 0) is 6.42 Å². The van der Waals surface area contributed by atoms with Crippen molar-refractivity contribution in [3.05, 3.63) is 70.0 Å². The molecule has 0 bridgehead atoms. The molecule has 0 saturated heterocycles. The summed E-state index contributed by atoms with van der Waals surface area (Å²) in [5.74, 6) is -1.24. The molecule has 0 fully saturated rings. The highest BCUT2D eigenvalue weighted by Crippen LogP contribution is 2.34. The van der Waals surface area contributed by atoms with Gasteiger partial charge in [-0.1, -0.05) is 18.2 Å². The number of carbonyl (C=O) groups excluding carboxylic acids is 1. The summed E-state index contributed by atoms with van der Waals surface area (Å²) >= 11 is 0. The highest BCUT2D eigenvalue weighted by atomic mass is 16.4. The van der Waals surface area contributed by atoms with Gasteiger partial charge in [0.2, 0.25) is 5.43 Å². The summed E-state index contributed by atoms with van der Waals surface area (Å²) in [4.78, 5) is 36.4. The Morgan fingerprint density at radius 1 is 1.11 bits per heavy atom. The molecular weight excluding hydrogens is 358 g/mol. The number of carboxylic acids is 1. The summed E-state index contributed by atoms with van der Waals surface area (Å²) in [6.07, 6.45) is 2.88. The van der Waals surface area contributed by atoms with E-state index < -0.39 is 11.4 Å². The van der Waals surface area contributed by atoms with Crippen LogP contribution in [0.4, 0.5) is 16.2 Å². The lowest BCUT2D eigenvalue weighted by molar-refractivity contribution is 0.0694. The third-order valence-electron chi connectivity index (χ3n) is 5.10. The minimum Gasteiger partial charge on any atom is -0.477 e. The number of amides is 2. The Morgan fingerprint density at radius 2 is 1.86 bits per heavy atom. The Balaban J connectivity index is 1.78. The number of urea groups is 1. The molecule has 7 heteroatoms. The first-order chi connectivity index (χ1) is 13.5. The zero-order valence-corrected chi connectivity index (χ0v) is 15.2. The number of carbonyl (C=O) groups is 2. The molecule has 2 aromatic carbocycles. The smallest absolute Gasteiger partial charge is 0.341 e. The zero-order valence-electron chi connectivity index (χ0n) is 15.2. The molecule has 1 unspecified atom stereocenters. The van der Waals surface area contributed by atoms with Crippen LogP contribution in [0, 0.1) is 0 Å². The predicted octanol–water partition coefficient (Wildman–Crippen LogP) is 3.85. The molecule has 1 atom stereocenters. The van der Waals surface area contributed by atoms with E-state index in [4.69, 9.17) is 0 Å². The van der Waals surface area contributed by atoms with Crippen molar-refractivity contribution >= 4 is 34.3 Å². The molecule has 3 N–H and O–H groups in total. The summed E-state index contributed by atoms with van der Waals surface area (Å²) in [5, 5.41) is 15.3. The van der Waals surface area contributed by atoms with Gasteiger partial charge in [0.1, 0.15) is 5.56 Å². The van der Waals surface area contributed by atoms with Gasteiger partial charge in [0.05, 0.1) is 5.52 Å². The van der Waals surface area contributed by atoms with E-state index in [1.54, 1.807) is 24.3 Å². The largest absolute Gasteiger partial charge is 0.477 e. The first kappa shape index (κ1) is 17.8. The molecule has 0 radical (unpaired) electrons. The highest BCUT2D eigenvalue weighted by Gasteiger charge is 2.24. The first-order valence-corrected chi connectivity index (χ1v) is 9.03. The minimum atomic E-state index is -1.24. The van der Waals surface area contributed by atoms with Crippen LogP contribution in [-0.4, -0.2) is 21.7 Å².